The molecule has 1 fully saturated rings. The molecule has 1 saturated carbocycles. The molecule has 17 heavy (non-hydrogen) atoms. The minimum atomic E-state index is 0.0631. The van der Waals surface area contributed by atoms with Gasteiger partial charge >= 0.3 is 0 Å². The highest BCUT2D eigenvalue weighted by molar-refractivity contribution is 7.11. The van der Waals surface area contributed by atoms with Crippen LogP contribution in [0.5, 0.6) is 0 Å². The lowest BCUT2D eigenvalue weighted by Crippen LogP contribution is -2.41. The maximum Gasteiger partial charge on any atom is 0.131 e. The Balaban J connectivity index is 1.85. The first kappa shape index (κ1) is 12.9. The van der Waals surface area contributed by atoms with Crippen LogP contribution < -0.4 is 5.32 Å². The molecule has 0 unspecified atom stereocenters. The fraction of sp³-hybridized carbons (Fsp3) is 0.833. The van der Waals surface area contributed by atoms with Crippen LogP contribution in [0.15, 0.2) is 0 Å². The topological polar surface area (TPSA) is 47.0 Å². The molecular formula is C12H21N3OS. The predicted octanol–water partition coefficient (Wildman–Crippen LogP) is 2.15. The van der Waals surface area contributed by atoms with Crippen molar-refractivity contribution >= 4 is 11.3 Å². The Morgan fingerprint density at radius 1 is 1.35 bits per heavy atom. The molecule has 1 N–H and O–H groups in total. The minimum absolute atomic E-state index is 0.0631. The molecule has 96 valence electrons. The van der Waals surface area contributed by atoms with Gasteiger partial charge in [0.05, 0.1) is 5.60 Å². The summed E-state index contributed by atoms with van der Waals surface area (Å²) in [5, 5.41) is 14.0. The van der Waals surface area contributed by atoms with Crippen molar-refractivity contribution in [3.8, 4) is 0 Å². The van der Waals surface area contributed by atoms with Crippen LogP contribution in [0.3, 0.4) is 0 Å². The van der Waals surface area contributed by atoms with Gasteiger partial charge in [-0.2, -0.15) is 0 Å². The molecule has 0 aliphatic heterocycles. The van der Waals surface area contributed by atoms with Gasteiger partial charge in [-0.25, -0.2) is 0 Å². The first-order chi connectivity index (χ1) is 8.28. The molecule has 1 aromatic heterocycles. The molecule has 0 spiro atoms. The van der Waals surface area contributed by atoms with Gasteiger partial charge in [0.25, 0.3) is 0 Å². The van der Waals surface area contributed by atoms with Crippen LogP contribution in [0.4, 0.5) is 0 Å². The molecule has 0 saturated heterocycles. The smallest absolute Gasteiger partial charge is 0.131 e. The zero-order valence-corrected chi connectivity index (χ0v) is 11.5. The Hall–Kier alpha value is -0.520. The molecule has 0 aromatic carbocycles. The molecule has 5 heteroatoms. The normalized spacial score (nSPS) is 18.0. The standard InChI is InChI=1S/C12H21N3OS/c1-3-7-13-9-11-15-14-10(17-11)8-12(16-2)5-4-6-12/h13H,3-9H2,1-2H3. The van der Waals surface area contributed by atoms with Crippen LogP contribution in [-0.4, -0.2) is 29.5 Å². The fourth-order valence-corrected chi connectivity index (χ4v) is 3.05. The molecule has 0 atom stereocenters. The Labute approximate surface area is 107 Å². The lowest BCUT2D eigenvalue weighted by Gasteiger charge is -2.39. The van der Waals surface area contributed by atoms with Gasteiger partial charge in [0.1, 0.15) is 10.0 Å². The predicted molar refractivity (Wildman–Crippen MR) is 69.2 cm³/mol. The summed E-state index contributed by atoms with van der Waals surface area (Å²) in [5.74, 6) is 0. The summed E-state index contributed by atoms with van der Waals surface area (Å²) < 4.78 is 5.61. The SMILES string of the molecule is CCCNCc1nnc(CC2(OC)CCC2)s1. The second kappa shape index (κ2) is 5.89. The van der Waals surface area contributed by atoms with E-state index in [0.717, 1.165) is 48.8 Å². The summed E-state index contributed by atoms with van der Waals surface area (Å²) in [6, 6.07) is 0. The van der Waals surface area contributed by atoms with E-state index in [1.165, 1.54) is 6.42 Å². The van der Waals surface area contributed by atoms with Gasteiger partial charge in [0.2, 0.25) is 0 Å². The quantitative estimate of drug-likeness (QED) is 0.758. The van der Waals surface area contributed by atoms with Crippen LogP contribution in [0.25, 0.3) is 0 Å². The summed E-state index contributed by atoms with van der Waals surface area (Å²) in [5.41, 5.74) is 0.0631. The molecule has 2 rings (SSSR count). The third-order valence-corrected chi connectivity index (χ3v) is 4.31. The van der Waals surface area contributed by atoms with Gasteiger partial charge in [-0.05, 0) is 32.2 Å². The van der Waals surface area contributed by atoms with Crippen LogP contribution in [-0.2, 0) is 17.7 Å². The minimum Gasteiger partial charge on any atom is -0.378 e. The zero-order chi connectivity index (χ0) is 12.1. The highest BCUT2D eigenvalue weighted by Gasteiger charge is 2.38. The number of hydrogen-bond donors (Lipinski definition) is 1. The van der Waals surface area contributed by atoms with Gasteiger partial charge in [0, 0.05) is 20.1 Å². The molecule has 0 radical (unpaired) electrons. The summed E-state index contributed by atoms with van der Waals surface area (Å²) in [7, 11) is 1.81. The van der Waals surface area contributed by atoms with Crippen molar-refractivity contribution in [3.63, 3.8) is 0 Å². The van der Waals surface area contributed by atoms with Crippen molar-refractivity contribution in [2.45, 2.75) is 51.2 Å². The van der Waals surface area contributed by atoms with Gasteiger partial charge in [-0.15, -0.1) is 21.5 Å². The Kier molecular flexibility index (Phi) is 4.48. The molecular weight excluding hydrogens is 234 g/mol. The molecule has 1 heterocycles. The van der Waals surface area contributed by atoms with E-state index in [1.807, 2.05) is 7.11 Å². The van der Waals surface area contributed by atoms with E-state index in [9.17, 15) is 0 Å². The summed E-state index contributed by atoms with van der Waals surface area (Å²) in [6.07, 6.45) is 5.67. The van der Waals surface area contributed by atoms with E-state index in [4.69, 9.17) is 4.74 Å². The van der Waals surface area contributed by atoms with E-state index in [0.29, 0.717) is 0 Å². The number of nitrogens with zero attached hydrogens (tertiary/aromatic N) is 2. The Bertz CT molecular complexity index is 344. The first-order valence-corrected chi connectivity index (χ1v) is 7.17. The van der Waals surface area contributed by atoms with Crippen molar-refractivity contribution in [3.05, 3.63) is 10.0 Å². The number of hydrogen-bond acceptors (Lipinski definition) is 5. The van der Waals surface area contributed by atoms with E-state index in [1.54, 1.807) is 11.3 Å². The maximum atomic E-state index is 5.61. The van der Waals surface area contributed by atoms with E-state index in [-0.39, 0.29) is 5.60 Å². The first-order valence-electron chi connectivity index (χ1n) is 6.35. The van der Waals surface area contributed by atoms with Crippen molar-refractivity contribution in [1.29, 1.82) is 0 Å². The van der Waals surface area contributed by atoms with Crippen LogP contribution in [0, 0.1) is 0 Å². The molecule has 1 aromatic rings. The molecule has 4 nitrogen and oxygen atoms in total. The van der Waals surface area contributed by atoms with Crippen molar-refractivity contribution < 1.29 is 4.74 Å². The van der Waals surface area contributed by atoms with E-state index in [2.05, 4.69) is 22.4 Å². The summed E-state index contributed by atoms with van der Waals surface area (Å²) in [6.45, 7) is 4.04. The summed E-state index contributed by atoms with van der Waals surface area (Å²) in [4.78, 5) is 0. The van der Waals surface area contributed by atoms with Crippen molar-refractivity contribution in [1.82, 2.24) is 15.5 Å². The van der Waals surface area contributed by atoms with Gasteiger partial charge < -0.3 is 10.1 Å². The third kappa shape index (κ3) is 3.24. The monoisotopic (exact) mass is 255 g/mol. The maximum absolute atomic E-state index is 5.61. The number of ether oxygens (including phenoxy) is 1. The van der Waals surface area contributed by atoms with Crippen LogP contribution in [0.2, 0.25) is 0 Å². The lowest BCUT2D eigenvalue weighted by molar-refractivity contribution is -0.0709. The molecule has 0 bridgehead atoms. The van der Waals surface area contributed by atoms with Gasteiger partial charge in [-0.1, -0.05) is 6.92 Å². The molecule has 0 amide bonds. The summed E-state index contributed by atoms with van der Waals surface area (Å²) >= 11 is 1.71. The highest BCUT2D eigenvalue weighted by Crippen LogP contribution is 2.38. The number of nitrogens with one attached hydrogen (secondary N) is 1. The highest BCUT2D eigenvalue weighted by atomic mass is 32.1. The lowest BCUT2D eigenvalue weighted by atomic mass is 9.78. The zero-order valence-electron chi connectivity index (χ0n) is 10.7. The van der Waals surface area contributed by atoms with Crippen molar-refractivity contribution in [2.75, 3.05) is 13.7 Å². The third-order valence-electron chi connectivity index (χ3n) is 3.38. The largest absolute Gasteiger partial charge is 0.378 e. The second-order valence-electron chi connectivity index (χ2n) is 4.68. The Morgan fingerprint density at radius 2 is 2.12 bits per heavy atom. The Morgan fingerprint density at radius 3 is 2.71 bits per heavy atom. The second-order valence-corrected chi connectivity index (χ2v) is 5.83. The number of aromatic nitrogens is 2. The van der Waals surface area contributed by atoms with Crippen molar-refractivity contribution in [2.24, 2.45) is 0 Å². The molecule has 1 aliphatic rings. The van der Waals surface area contributed by atoms with Crippen LogP contribution >= 0.6 is 11.3 Å². The van der Waals surface area contributed by atoms with Gasteiger partial charge in [-0.3, -0.25) is 0 Å². The van der Waals surface area contributed by atoms with Crippen LogP contribution in [0.1, 0.15) is 42.6 Å². The van der Waals surface area contributed by atoms with E-state index >= 15 is 0 Å². The molecule has 1 aliphatic carbocycles. The van der Waals surface area contributed by atoms with Gasteiger partial charge in [0.15, 0.2) is 0 Å². The number of methoxy groups -OCH3 is 1. The number of rotatable bonds is 7. The fourth-order valence-electron chi connectivity index (χ4n) is 2.10. The average molecular weight is 255 g/mol. The van der Waals surface area contributed by atoms with E-state index < -0.39 is 0 Å². The average Bonchev–Trinajstić information content (AvgIpc) is 2.72.